The third-order valence-electron chi connectivity index (χ3n) is 3.19. The van der Waals surface area contributed by atoms with Crippen molar-refractivity contribution in [2.75, 3.05) is 13.1 Å². The second-order valence-corrected chi connectivity index (χ2v) is 4.60. The second kappa shape index (κ2) is 5.25. The van der Waals surface area contributed by atoms with Gasteiger partial charge in [-0.25, -0.2) is 0 Å². The number of hydrogen-bond donors (Lipinski definition) is 2. The van der Waals surface area contributed by atoms with Crippen LogP contribution in [0.15, 0.2) is 24.3 Å². The molecule has 1 heterocycles. The van der Waals surface area contributed by atoms with Crippen molar-refractivity contribution in [3.05, 3.63) is 39.9 Å². The minimum Gasteiger partial charge on any atom is -0.387 e. The Morgan fingerprint density at radius 3 is 2.71 bits per heavy atom. The summed E-state index contributed by atoms with van der Waals surface area (Å²) in [7, 11) is 0. The normalized spacial score (nSPS) is 24.5. The third-order valence-corrected chi connectivity index (χ3v) is 3.19. The van der Waals surface area contributed by atoms with Crippen LogP contribution in [0.4, 0.5) is 5.69 Å². The molecule has 1 aliphatic rings. The largest absolute Gasteiger partial charge is 0.387 e. The molecule has 0 saturated carbocycles. The first-order valence-corrected chi connectivity index (χ1v) is 5.90. The van der Waals surface area contributed by atoms with Gasteiger partial charge in [-0.15, -0.1) is 0 Å². The Labute approximate surface area is 99.8 Å². The number of rotatable bonds is 3. The third kappa shape index (κ3) is 3.25. The van der Waals surface area contributed by atoms with Gasteiger partial charge < -0.3 is 10.0 Å². The fraction of sp³-hybridized carbons (Fsp3) is 0.500. The molecule has 0 bridgehead atoms. The quantitative estimate of drug-likeness (QED) is 0.580. The molecule has 5 nitrogen and oxygen atoms in total. The van der Waals surface area contributed by atoms with Gasteiger partial charge in [0.05, 0.1) is 11.5 Å². The Bertz CT molecular complexity index is 391. The lowest BCUT2D eigenvalue weighted by Gasteiger charge is -2.27. The van der Waals surface area contributed by atoms with E-state index in [9.17, 15) is 15.2 Å². The summed E-state index contributed by atoms with van der Waals surface area (Å²) in [4.78, 5) is 11.5. The molecule has 0 aliphatic carbocycles. The van der Waals surface area contributed by atoms with Crippen molar-refractivity contribution in [2.45, 2.75) is 25.5 Å². The smallest absolute Gasteiger partial charge is 0.269 e. The molecule has 1 aromatic rings. The number of benzene rings is 1. The van der Waals surface area contributed by atoms with Crippen molar-refractivity contribution >= 4 is 5.69 Å². The summed E-state index contributed by atoms with van der Waals surface area (Å²) >= 11 is 0. The maximum absolute atomic E-state index is 10.5. The van der Waals surface area contributed by atoms with Crippen molar-refractivity contribution in [2.24, 2.45) is 0 Å². The molecule has 17 heavy (non-hydrogen) atoms. The van der Waals surface area contributed by atoms with E-state index in [0.717, 1.165) is 38.0 Å². The van der Waals surface area contributed by atoms with Crippen LogP contribution in [-0.4, -0.2) is 29.2 Å². The molecule has 1 fully saturated rings. The van der Waals surface area contributed by atoms with Crippen LogP contribution in [0.5, 0.6) is 0 Å². The zero-order chi connectivity index (χ0) is 12.3. The van der Waals surface area contributed by atoms with Crippen molar-refractivity contribution in [3.8, 4) is 0 Å². The lowest BCUT2D eigenvalue weighted by Crippen LogP contribution is -3.12. The fourth-order valence-electron chi connectivity index (χ4n) is 2.31. The van der Waals surface area contributed by atoms with Gasteiger partial charge in [-0.2, -0.15) is 0 Å². The predicted molar refractivity (Wildman–Crippen MR) is 62.7 cm³/mol. The van der Waals surface area contributed by atoms with E-state index in [0.29, 0.717) is 0 Å². The molecule has 1 unspecified atom stereocenters. The van der Waals surface area contributed by atoms with E-state index in [4.69, 9.17) is 0 Å². The maximum atomic E-state index is 10.5. The Morgan fingerprint density at radius 2 is 2.12 bits per heavy atom. The molecular weight excluding hydrogens is 220 g/mol. The van der Waals surface area contributed by atoms with E-state index >= 15 is 0 Å². The highest BCUT2D eigenvalue weighted by molar-refractivity contribution is 5.32. The summed E-state index contributed by atoms with van der Waals surface area (Å²) in [5.74, 6) is 0. The first kappa shape index (κ1) is 12.0. The average molecular weight is 237 g/mol. The SMILES string of the molecule is O=[N+]([O-])c1ccc(C[NH+]2CCC[C@@H](O)C2)cc1. The first-order chi connectivity index (χ1) is 8.15. The number of nitrogens with zero attached hydrogens (tertiary/aromatic N) is 1. The van der Waals surface area contributed by atoms with Gasteiger partial charge in [-0.05, 0) is 25.0 Å². The number of nitro benzene ring substituents is 1. The molecule has 2 rings (SSSR count). The molecule has 0 spiro atoms. The van der Waals surface area contributed by atoms with Gasteiger partial charge in [0.15, 0.2) is 0 Å². The number of quaternary nitrogens is 1. The van der Waals surface area contributed by atoms with E-state index < -0.39 is 0 Å². The van der Waals surface area contributed by atoms with Crippen LogP contribution in [-0.2, 0) is 6.54 Å². The number of hydrogen-bond acceptors (Lipinski definition) is 3. The van der Waals surface area contributed by atoms with Crippen LogP contribution in [0.3, 0.4) is 0 Å². The molecule has 0 amide bonds. The molecule has 0 radical (unpaired) electrons. The van der Waals surface area contributed by atoms with Gasteiger partial charge in [-0.3, -0.25) is 10.1 Å². The molecule has 0 aromatic heterocycles. The van der Waals surface area contributed by atoms with Crippen LogP contribution >= 0.6 is 0 Å². The highest BCUT2D eigenvalue weighted by Gasteiger charge is 2.21. The molecule has 5 heteroatoms. The van der Waals surface area contributed by atoms with Gasteiger partial charge in [0, 0.05) is 17.7 Å². The summed E-state index contributed by atoms with van der Waals surface area (Å²) in [6.45, 7) is 2.67. The zero-order valence-electron chi connectivity index (χ0n) is 9.63. The predicted octanol–water partition coefficient (Wildman–Crippen LogP) is 0.134. The molecule has 92 valence electrons. The van der Waals surface area contributed by atoms with Crippen LogP contribution in [0.1, 0.15) is 18.4 Å². The second-order valence-electron chi connectivity index (χ2n) is 4.60. The molecule has 1 aliphatic heterocycles. The van der Waals surface area contributed by atoms with Crippen molar-refractivity contribution in [1.82, 2.24) is 0 Å². The van der Waals surface area contributed by atoms with Gasteiger partial charge in [-0.1, -0.05) is 0 Å². The maximum Gasteiger partial charge on any atom is 0.269 e. The standard InChI is InChI=1S/C12H16N2O3/c15-12-2-1-7-13(9-12)8-10-3-5-11(6-4-10)14(16)17/h3-6,12,15H,1-2,7-9H2/p+1/t12-/m1/s1. The van der Waals surface area contributed by atoms with Crippen molar-refractivity contribution in [1.29, 1.82) is 0 Å². The Kier molecular flexibility index (Phi) is 3.71. The number of likely N-dealkylation sites (tertiary alicyclic amines) is 1. The summed E-state index contributed by atoms with van der Waals surface area (Å²) in [5, 5.41) is 20.1. The fourth-order valence-corrected chi connectivity index (χ4v) is 2.31. The number of piperidine rings is 1. The van der Waals surface area contributed by atoms with E-state index in [1.165, 1.54) is 17.0 Å². The molecule has 1 saturated heterocycles. The highest BCUT2D eigenvalue weighted by atomic mass is 16.6. The molecule has 2 N–H and O–H groups in total. The summed E-state index contributed by atoms with van der Waals surface area (Å²) in [6.07, 6.45) is 1.74. The minimum absolute atomic E-state index is 0.127. The monoisotopic (exact) mass is 237 g/mol. The van der Waals surface area contributed by atoms with E-state index in [-0.39, 0.29) is 16.7 Å². The van der Waals surface area contributed by atoms with Gasteiger partial charge in [0.2, 0.25) is 0 Å². The van der Waals surface area contributed by atoms with E-state index in [1.54, 1.807) is 12.1 Å². The lowest BCUT2D eigenvalue weighted by atomic mass is 10.1. The lowest BCUT2D eigenvalue weighted by molar-refractivity contribution is -0.921. The summed E-state index contributed by atoms with van der Waals surface area (Å²) in [6, 6.07) is 6.67. The minimum atomic E-state index is -0.388. The van der Waals surface area contributed by atoms with Crippen molar-refractivity contribution in [3.63, 3.8) is 0 Å². The number of non-ortho nitro benzene ring substituents is 1. The number of aliphatic hydroxyl groups excluding tert-OH is 1. The van der Waals surface area contributed by atoms with E-state index in [2.05, 4.69) is 0 Å². The van der Waals surface area contributed by atoms with Crippen LogP contribution in [0.2, 0.25) is 0 Å². The van der Waals surface area contributed by atoms with Gasteiger partial charge in [0.1, 0.15) is 19.2 Å². The Morgan fingerprint density at radius 1 is 1.41 bits per heavy atom. The van der Waals surface area contributed by atoms with Crippen molar-refractivity contribution < 1.29 is 14.9 Å². The molecule has 2 atom stereocenters. The topological polar surface area (TPSA) is 67.8 Å². The van der Waals surface area contributed by atoms with Crippen LogP contribution in [0, 0.1) is 10.1 Å². The van der Waals surface area contributed by atoms with Gasteiger partial charge >= 0.3 is 0 Å². The number of nitrogens with one attached hydrogen (secondary N) is 1. The van der Waals surface area contributed by atoms with Crippen LogP contribution in [0.25, 0.3) is 0 Å². The highest BCUT2D eigenvalue weighted by Crippen LogP contribution is 2.11. The first-order valence-electron chi connectivity index (χ1n) is 5.90. The summed E-state index contributed by atoms with van der Waals surface area (Å²) in [5.41, 5.74) is 1.21. The molecular formula is C12H17N2O3+. The van der Waals surface area contributed by atoms with Gasteiger partial charge in [0.25, 0.3) is 5.69 Å². The Hall–Kier alpha value is -1.46. The van der Waals surface area contributed by atoms with E-state index in [1.807, 2.05) is 0 Å². The number of nitro groups is 1. The average Bonchev–Trinajstić information content (AvgIpc) is 2.29. The summed E-state index contributed by atoms with van der Waals surface area (Å²) < 4.78 is 0. The number of aliphatic hydroxyl groups is 1. The molecule has 1 aromatic carbocycles. The van der Waals surface area contributed by atoms with Crippen LogP contribution < -0.4 is 4.90 Å². The Balaban J connectivity index is 1.96. The zero-order valence-corrected chi connectivity index (χ0v) is 9.63.